The highest BCUT2D eigenvalue weighted by molar-refractivity contribution is 5.03. The molecule has 0 atom stereocenters. The zero-order chi connectivity index (χ0) is 11.2. The summed E-state index contributed by atoms with van der Waals surface area (Å²) in [5.41, 5.74) is 0. The maximum Gasteiger partial charge on any atom is 0.0908 e. The number of nitriles is 1. The molecule has 0 heterocycles. The average Bonchev–Trinajstić information content (AvgIpc) is 2.26. The first-order chi connectivity index (χ1) is 7.41. The lowest BCUT2D eigenvalue weighted by Crippen LogP contribution is -1.68. The number of rotatable bonds is 8. The Labute approximate surface area is 93.8 Å². The van der Waals surface area contributed by atoms with Gasteiger partial charge in [0.05, 0.1) is 6.07 Å². The molecular weight excluding hydrogens is 182 g/mol. The van der Waals surface area contributed by atoms with E-state index < -0.39 is 0 Å². The van der Waals surface area contributed by atoms with Gasteiger partial charge >= 0.3 is 0 Å². The van der Waals surface area contributed by atoms with Crippen LogP contribution in [-0.4, -0.2) is 0 Å². The van der Waals surface area contributed by atoms with Gasteiger partial charge in [-0.25, -0.2) is 0 Å². The van der Waals surface area contributed by atoms with Crippen LogP contribution in [0.5, 0.6) is 0 Å². The summed E-state index contributed by atoms with van der Waals surface area (Å²) in [5.74, 6) is 0. The molecule has 1 nitrogen and oxygen atoms in total. The molecule has 15 heavy (non-hydrogen) atoms. The monoisotopic (exact) mass is 203 g/mol. The summed E-state index contributed by atoms with van der Waals surface area (Å²) in [6, 6.07) is 1.99. The van der Waals surface area contributed by atoms with Crippen molar-refractivity contribution in [2.45, 2.75) is 45.4 Å². The fraction of sp³-hybridized carbons (Fsp3) is 0.500. The van der Waals surface area contributed by atoms with Crippen molar-refractivity contribution in [3.8, 4) is 6.07 Å². The first-order valence-corrected chi connectivity index (χ1v) is 5.78. The van der Waals surface area contributed by atoms with Gasteiger partial charge in [0.2, 0.25) is 0 Å². The number of unbranched alkanes of at least 4 members (excludes halogenated alkanes) is 4. The van der Waals surface area contributed by atoms with Crippen molar-refractivity contribution in [2.75, 3.05) is 0 Å². The van der Waals surface area contributed by atoms with E-state index in [1.807, 2.05) is 12.1 Å². The Kier molecular flexibility index (Phi) is 11.6. The molecule has 0 aliphatic heterocycles. The van der Waals surface area contributed by atoms with E-state index in [4.69, 9.17) is 5.26 Å². The number of hydrogen-bond donors (Lipinski definition) is 0. The molecule has 0 spiro atoms. The minimum Gasteiger partial charge on any atom is -0.193 e. The van der Waals surface area contributed by atoms with Crippen LogP contribution in [-0.2, 0) is 0 Å². The second kappa shape index (κ2) is 12.7. The molecule has 0 amide bonds. The molecule has 0 fully saturated rings. The fourth-order valence-electron chi connectivity index (χ4n) is 1.16. The first-order valence-electron chi connectivity index (χ1n) is 5.78. The van der Waals surface area contributed by atoms with Crippen LogP contribution < -0.4 is 0 Å². The largest absolute Gasteiger partial charge is 0.193 e. The van der Waals surface area contributed by atoms with E-state index in [-0.39, 0.29) is 0 Å². The van der Waals surface area contributed by atoms with Gasteiger partial charge < -0.3 is 0 Å². The molecule has 82 valence electrons. The summed E-state index contributed by atoms with van der Waals surface area (Å²) in [6.07, 6.45) is 19.1. The van der Waals surface area contributed by atoms with Gasteiger partial charge in [0.25, 0.3) is 0 Å². The van der Waals surface area contributed by atoms with E-state index in [9.17, 15) is 0 Å². The summed E-state index contributed by atoms with van der Waals surface area (Å²) in [6.45, 7) is 2.21. The lowest BCUT2D eigenvalue weighted by atomic mass is 10.2. The van der Waals surface area contributed by atoms with E-state index in [1.165, 1.54) is 19.3 Å². The Balaban J connectivity index is 3.28. The van der Waals surface area contributed by atoms with Gasteiger partial charge in [0.1, 0.15) is 0 Å². The average molecular weight is 203 g/mol. The second-order valence-corrected chi connectivity index (χ2v) is 3.46. The summed E-state index contributed by atoms with van der Waals surface area (Å²) in [5, 5.41) is 8.25. The summed E-state index contributed by atoms with van der Waals surface area (Å²) in [4.78, 5) is 0. The van der Waals surface area contributed by atoms with Gasteiger partial charge in [-0.3, -0.25) is 0 Å². The molecule has 0 saturated heterocycles. The van der Waals surface area contributed by atoms with Crippen LogP contribution in [0.4, 0.5) is 0 Å². The van der Waals surface area contributed by atoms with Crippen LogP contribution in [0.25, 0.3) is 0 Å². The zero-order valence-electron chi connectivity index (χ0n) is 9.65. The smallest absolute Gasteiger partial charge is 0.0908 e. The van der Waals surface area contributed by atoms with Crippen molar-refractivity contribution in [1.29, 1.82) is 5.26 Å². The van der Waals surface area contributed by atoms with Crippen molar-refractivity contribution in [3.05, 3.63) is 36.5 Å². The molecule has 0 rings (SSSR count). The molecule has 0 aromatic heterocycles. The molecule has 0 bridgehead atoms. The van der Waals surface area contributed by atoms with Gasteiger partial charge in [-0.2, -0.15) is 5.26 Å². The predicted molar refractivity (Wildman–Crippen MR) is 66.4 cm³/mol. The zero-order valence-corrected chi connectivity index (χ0v) is 9.65. The molecule has 0 aliphatic rings. The van der Waals surface area contributed by atoms with Gasteiger partial charge in [-0.1, -0.05) is 50.1 Å². The molecule has 0 aromatic rings. The third-order valence-corrected chi connectivity index (χ3v) is 2.04. The minimum atomic E-state index is 0.997. The minimum absolute atomic E-state index is 0.997. The molecule has 0 radical (unpaired) electrons. The van der Waals surface area contributed by atoms with Gasteiger partial charge in [-0.05, 0) is 25.7 Å². The molecular formula is C14H21N. The summed E-state index contributed by atoms with van der Waals surface area (Å²) < 4.78 is 0. The molecule has 0 unspecified atom stereocenters. The summed E-state index contributed by atoms with van der Waals surface area (Å²) >= 11 is 0. The van der Waals surface area contributed by atoms with Crippen molar-refractivity contribution in [1.82, 2.24) is 0 Å². The highest BCUT2D eigenvalue weighted by Gasteiger charge is 1.79. The van der Waals surface area contributed by atoms with Crippen LogP contribution in [0.3, 0.4) is 0 Å². The Morgan fingerprint density at radius 3 is 2.13 bits per heavy atom. The first kappa shape index (κ1) is 13.7. The van der Waals surface area contributed by atoms with Crippen LogP contribution in [0.1, 0.15) is 45.4 Å². The maximum absolute atomic E-state index is 8.25. The Morgan fingerprint density at radius 2 is 1.53 bits per heavy atom. The molecule has 0 N–H and O–H groups in total. The van der Waals surface area contributed by atoms with Gasteiger partial charge in [0, 0.05) is 6.08 Å². The fourth-order valence-corrected chi connectivity index (χ4v) is 1.16. The van der Waals surface area contributed by atoms with Gasteiger partial charge in [-0.15, -0.1) is 0 Å². The second-order valence-electron chi connectivity index (χ2n) is 3.46. The maximum atomic E-state index is 8.25. The molecule has 1 heteroatoms. The molecule has 0 saturated carbocycles. The standard InChI is InChI=1S/C14H21N/c1-2-3-4-5-6-7-8-9-10-11-12-13-14-15/h5-8,12-13H,2-4,9-11H2,1H3/b6-5+,8-7+,13-12+. The topological polar surface area (TPSA) is 23.8 Å². The van der Waals surface area contributed by atoms with Crippen molar-refractivity contribution in [2.24, 2.45) is 0 Å². The van der Waals surface area contributed by atoms with Crippen molar-refractivity contribution in [3.63, 3.8) is 0 Å². The SMILES string of the molecule is CCCC/C=C/C=C/CCC/C=C/C#N. The van der Waals surface area contributed by atoms with Crippen molar-refractivity contribution >= 4 is 0 Å². The highest BCUT2D eigenvalue weighted by Crippen LogP contribution is 1.99. The quantitative estimate of drug-likeness (QED) is 0.323. The number of nitrogens with zero attached hydrogens (tertiary/aromatic N) is 1. The van der Waals surface area contributed by atoms with E-state index in [0.29, 0.717) is 0 Å². The summed E-state index contributed by atoms with van der Waals surface area (Å²) in [7, 11) is 0. The normalized spacial score (nSPS) is 11.7. The Morgan fingerprint density at radius 1 is 0.933 bits per heavy atom. The molecule has 0 aromatic carbocycles. The van der Waals surface area contributed by atoms with Crippen LogP contribution in [0, 0.1) is 11.3 Å². The number of hydrogen-bond acceptors (Lipinski definition) is 1. The third kappa shape index (κ3) is 12.7. The molecule has 0 aliphatic carbocycles. The van der Waals surface area contributed by atoms with Crippen LogP contribution >= 0.6 is 0 Å². The van der Waals surface area contributed by atoms with E-state index in [2.05, 4.69) is 31.2 Å². The third-order valence-electron chi connectivity index (χ3n) is 2.04. The predicted octanol–water partition coefficient (Wildman–Crippen LogP) is 4.54. The van der Waals surface area contributed by atoms with E-state index >= 15 is 0 Å². The Hall–Kier alpha value is -1.29. The highest BCUT2D eigenvalue weighted by atomic mass is 14.2. The lowest BCUT2D eigenvalue weighted by molar-refractivity contribution is 0.814. The van der Waals surface area contributed by atoms with E-state index in [1.54, 1.807) is 6.08 Å². The lowest BCUT2D eigenvalue weighted by Gasteiger charge is -1.88. The van der Waals surface area contributed by atoms with Crippen molar-refractivity contribution < 1.29 is 0 Å². The van der Waals surface area contributed by atoms with Crippen LogP contribution in [0.2, 0.25) is 0 Å². The van der Waals surface area contributed by atoms with Crippen LogP contribution in [0.15, 0.2) is 36.5 Å². The number of allylic oxidation sites excluding steroid dienone is 6. The Bertz CT molecular complexity index is 241. The van der Waals surface area contributed by atoms with E-state index in [0.717, 1.165) is 19.3 Å². The van der Waals surface area contributed by atoms with Gasteiger partial charge in [0.15, 0.2) is 0 Å².